The fourth-order valence-electron chi connectivity index (χ4n) is 2.97. The molecule has 2 aromatic rings. The van der Waals surface area contributed by atoms with Crippen LogP contribution in [0.5, 0.6) is 11.8 Å². The number of ether oxygens (including phenoxy) is 2. The van der Waals surface area contributed by atoms with Crippen molar-refractivity contribution in [3.63, 3.8) is 0 Å². The number of nitrogens with zero attached hydrogens (tertiary/aromatic N) is 3. The lowest BCUT2D eigenvalue weighted by atomic mass is 9.84. The number of nitriles is 1. The topological polar surface area (TPSA) is 60.1 Å². The van der Waals surface area contributed by atoms with Crippen LogP contribution in [0.4, 0.5) is 17.6 Å². The number of imidazole rings is 1. The molecular formula is C19H19F4N3O2. The van der Waals surface area contributed by atoms with Gasteiger partial charge in [-0.25, -0.2) is 0 Å². The third-order valence-electron chi connectivity index (χ3n) is 4.85. The van der Waals surface area contributed by atoms with Crippen molar-refractivity contribution >= 4 is 0 Å². The monoisotopic (exact) mass is 397 g/mol. The average Bonchev–Trinajstić information content (AvgIpc) is 3.18. The molecule has 0 saturated heterocycles. The molecule has 0 bridgehead atoms. The van der Waals surface area contributed by atoms with Crippen LogP contribution in [0.25, 0.3) is 0 Å². The highest BCUT2D eigenvalue weighted by atomic mass is 19.4. The summed E-state index contributed by atoms with van der Waals surface area (Å²) in [6.07, 6.45) is -4.67. The van der Waals surface area contributed by atoms with E-state index in [2.05, 4.69) is 4.98 Å². The number of aromatic nitrogens is 2. The first-order chi connectivity index (χ1) is 13.2. The second-order valence-electron chi connectivity index (χ2n) is 7.05. The zero-order valence-corrected chi connectivity index (χ0v) is 15.4. The van der Waals surface area contributed by atoms with Gasteiger partial charge in [0, 0.05) is 6.42 Å². The summed E-state index contributed by atoms with van der Waals surface area (Å²) in [5.41, 5.74) is -1.18. The summed E-state index contributed by atoms with van der Waals surface area (Å²) < 4.78 is 64.9. The Labute approximate surface area is 159 Å². The lowest BCUT2D eigenvalue weighted by Crippen LogP contribution is -2.36. The lowest BCUT2D eigenvalue weighted by Gasteiger charge is -2.28. The van der Waals surface area contributed by atoms with Crippen molar-refractivity contribution in [2.75, 3.05) is 13.3 Å². The zero-order valence-electron chi connectivity index (χ0n) is 15.4. The van der Waals surface area contributed by atoms with Crippen LogP contribution in [0.15, 0.2) is 24.3 Å². The van der Waals surface area contributed by atoms with Crippen LogP contribution >= 0.6 is 0 Å². The maximum Gasteiger partial charge on any atom is 0.397 e. The van der Waals surface area contributed by atoms with Crippen LogP contribution in [0.3, 0.4) is 0 Å². The summed E-state index contributed by atoms with van der Waals surface area (Å²) in [5.74, 6) is 0.413. The van der Waals surface area contributed by atoms with Gasteiger partial charge in [-0.05, 0) is 31.5 Å². The maximum absolute atomic E-state index is 13.1. The number of benzene rings is 1. The summed E-state index contributed by atoms with van der Waals surface area (Å²) in [5, 5.41) is 9.05. The van der Waals surface area contributed by atoms with E-state index in [1.54, 1.807) is 4.57 Å². The minimum Gasteiger partial charge on any atom is -0.490 e. The van der Waals surface area contributed by atoms with Crippen molar-refractivity contribution in [3.05, 3.63) is 41.2 Å². The summed E-state index contributed by atoms with van der Waals surface area (Å²) in [6.45, 7) is 2.14. The quantitative estimate of drug-likeness (QED) is 0.693. The van der Waals surface area contributed by atoms with Crippen LogP contribution in [-0.4, -0.2) is 35.1 Å². The first-order valence-corrected chi connectivity index (χ1v) is 8.69. The van der Waals surface area contributed by atoms with E-state index in [0.29, 0.717) is 18.0 Å². The number of fused-ring (bicyclic) bond motifs is 1. The highest BCUT2D eigenvalue weighted by Gasteiger charge is 2.48. The fraction of sp³-hybridized carbons (Fsp3) is 0.474. The Morgan fingerprint density at radius 2 is 1.96 bits per heavy atom. The third kappa shape index (κ3) is 3.63. The Morgan fingerprint density at radius 3 is 2.54 bits per heavy atom. The largest absolute Gasteiger partial charge is 0.490 e. The number of hydrogen-bond acceptors (Lipinski definition) is 4. The zero-order chi connectivity index (χ0) is 20.5. The second kappa shape index (κ2) is 7.34. The molecule has 2 heterocycles. The van der Waals surface area contributed by atoms with Gasteiger partial charge in [0.2, 0.25) is 0 Å². The van der Waals surface area contributed by atoms with E-state index in [9.17, 15) is 17.6 Å². The number of halogens is 4. The highest BCUT2D eigenvalue weighted by molar-refractivity contribution is 5.34. The van der Waals surface area contributed by atoms with Crippen LogP contribution in [0.1, 0.15) is 30.8 Å². The Hall–Kier alpha value is -2.76. The molecule has 1 aliphatic heterocycles. The first kappa shape index (κ1) is 20.0. The van der Waals surface area contributed by atoms with Crippen LogP contribution < -0.4 is 9.47 Å². The van der Waals surface area contributed by atoms with Crippen molar-refractivity contribution in [2.45, 2.75) is 44.5 Å². The number of alkyl halides is 4. The molecule has 1 atom stereocenters. The Morgan fingerprint density at radius 1 is 1.29 bits per heavy atom. The average molecular weight is 397 g/mol. The van der Waals surface area contributed by atoms with Gasteiger partial charge >= 0.3 is 6.18 Å². The minimum absolute atomic E-state index is 0.0727. The summed E-state index contributed by atoms with van der Waals surface area (Å²) in [7, 11) is 0. The molecule has 0 aliphatic carbocycles. The molecule has 0 amide bonds. The van der Waals surface area contributed by atoms with Gasteiger partial charge in [0.25, 0.3) is 6.01 Å². The molecule has 0 N–H and O–H groups in total. The molecule has 9 heteroatoms. The Bertz CT molecular complexity index is 882. The van der Waals surface area contributed by atoms with Gasteiger partial charge in [0.1, 0.15) is 18.4 Å². The Kier molecular flexibility index (Phi) is 5.24. The van der Waals surface area contributed by atoms with Crippen molar-refractivity contribution in [1.82, 2.24) is 9.55 Å². The molecule has 1 aromatic carbocycles. The van der Waals surface area contributed by atoms with Gasteiger partial charge in [-0.3, -0.25) is 8.96 Å². The highest BCUT2D eigenvalue weighted by Crippen LogP contribution is 2.40. The molecule has 5 nitrogen and oxygen atoms in total. The predicted octanol–water partition coefficient (Wildman–Crippen LogP) is 3.95. The molecule has 1 aromatic heterocycles. The maximum atomic E-state index is 13.1. The molecule has 0 radical (unpaired) electrons. The molecule has 0 fully saturated rings. The van der Waals surface area contributed by atoms with Crippen molar-refractivity contribution in [2.24, 2.45) is 0 Å². The summed E-state index contributed by atoms with van der Waals surface area (Å²) in [4.78, 5) is 4.05. The molecular weight excluding hydrogens is 378 g/mol. The van der Waals surface area contributed by atoms with E-state index in [4.69, 9.17) is 14.7 Å². The number of hydrogen-bond donors (Lipinski definition) is 0. The second-order valence-corrected chi connectivity index (χ2v) is 7.05. The first-order valence-electron chi connectivity index (χ1n) is 8.69. The van der Waals surface area contributed by atoms with Gasteiger partial charge in [-0.1, -0.05) is 12.1 Å². The van der Waals surface area contributed by atoms with Gasteiger partial charge in [0.15, 0.2) is 11.8 Å². The third-order valence-corrected chi connectivity index (χ3v) is 4.85. The van der Waals surface area contributed by atoms with E-state index in [-0.39, 0.29) is 36.4 Å². The van der Waals surface area contributed by atoms with Crippen LogP contribution in [0, 0.1) is 11.3 Å². The van der Waals surface area contributed by atoms with Crippen LogP contribution in [-0.2, 0) is 18.4 Å². The normalized spacial score (nSPS) is 16.4. The molecule has 3 rings (SSSR count). The van der Waals surface area contributed by atoms with E-state index < -0.39 is 18.3 Å². The summed E-state index contributed by atoms with van der Waals surface area (Å²) >= 11 is 0. The summed E-state index contributed by atoms with van der Waals surface area (Å²) in [6, 6.07) is 7.92. The van der Waals surface area contributed by atoms with Gasteiger partial charge in [0.05, 0.1) is 24.3 Å². The van der Waals surface area contributed by atoms with E-state index in [1.165, 1.54) is 24.3 Å². The van der Waals surface area contributed by atoms with E-state index in [1.807, 2.05) is 6.07 Å². The van der Waals surface area contributed by atoms with E-state index >= 15 is 0 Å². The van der Waals surface area contributed by atoms with Crippen molar-refractivity contribution < 1.29 is 27.0 Å². The molecule has 1 aliphatic rings. The molecule has 28 heavy (non-hydrogen) atoms. The van der Waals surface area contributed by atoms with Crippen LogP contribution in [0.2, 0.25) is 0 Å². The molecule has 150 valence electrons. The fourth-order valence-corrected chi connectivity index (χ4v) is 2.97. The predicted molar refractivity (Wildman–Crippen MR) is 92.1 cm³/mol. The lowest BCUT2D eigenvalue weighted by molar-refractivity contribution is -0.180. The smallest absolute Gasteiger partial charge is 0.397 e. The molecule has 0 unspecified atom stereocenters. The molecule has 0 spiro atoms. The number of rotatable bonds is 6. The SMILES string of the molecule is CC(C)(c1ccc(OC[C@@H]2Cn3c(nc(C#N)c3CCF)O2)cc1)C(F)(F)F. The van der Waals surface area contributed by atoms with Crippen molar-refractivity contribution in [1.29, 1.82) is 5.26 Å². The van der Waals surface area contributed by atoms with Crippen molar-refractivity contribution in [3.8, 4) is 17.8 Å². The standard InChI is InChI=1S/C19H19F4N3O2/c1-18(2,19(21,22)23)12-3-5-13(6-4-12)27-11-14-10-26-16(7-8-20)15(9-24)25-17(26)28-14/h3-6,14H,7-8,10-11H2,1-2H3/t14-/m0/s1. The van der Waals surface area contributed by atoms with Gasteiger partial charge in [-0.15, -0.1) is 0 Å². The van der Waals surface area contributed by atoms with Gasteiger partial charge < -0.3 is 9.47 Å². The molecule has 0 saturated carbocycles. The Balaban J connectivity index is 1.62. The van der Waals surface area contributed by atoms with Gasteiger partial charge in [-0.2, -0.15) is 23.4 Å². The van der Waals surface area contributed by atoms with E-state index in [0.717, 1.165) is 13.8 Å². The minimum atomic E-state index is -4.35.